The van der Waals surface area contributed by atoms with Gasteiger partial charge in [-0.3, -0.25) is 0 Å². The van der Waals surface area contributed by atoms with E-state index in [0.29, 0.717) is 13.2 Å². The van der Waals surface area contributed by atoms with Gasteiger partial charge in [-0.05, 0) is 43.0 Å². The highest BCUT2D eigenvalue weighted by atomic mass is 16.6. The van der Waals surface area contributed by atoms with Crippen LogP contribution in [0.2, 0.25) is 0 Å². The number of fused-ring (bicyclic) bond motifs is 1. The van der Waals surface area contributed by atoms with Crippen molar-refractivity contribution in [3.8, 4) is 11.5 Å². The van der Waals surface area contributed by atoms with Gasteiger partial charge >= 0.3 is 0 Å². The maximum atomic E-state index is 5.62. The van der Waals surface area contributed by atoms with E-state index in [1.807, 2.05) is 6.07 Å². The maximum absolute atomic E-state index is 5.62. The van der Waals surface area contributed by atoms with Crippen molar-refractivity contribution in [1.82, 2.24) is 5.32 Å². The number of hydrogen-bond donors (Lipinski definition) is 1. The zero-order valence-electron chi connectivity index (χ0n) is 12.2. The van der Waals surface area contributed by atoms with E-state index in [-0.39, 0.29) is 0 Å². The molecular weight excluding hydrogens is 250 g/mol. The molecule has 20 heavy (non-hydrogen) atoms. The van der Waals surface area contributed by atoms with Gasteiger partial charge in [0.05, 0.1) is 0 Å². The van der Waals surface area contributed by atoms with Crippen molar-refractivity contribution in [1.29, 1.82) is 0 Å². The number of hydrogen-bond acceptors (Lipinski definition) is 3. The smallest absolute Gasteiger partial charge is 0.161 e. The summed E-state index contributed by atoms with van der Waals surface area (Å²) in [6.07, 6.45) is 8.48. The van der Waals surface area contributed by atoms with Crippen molar-refractivity contribution < 1.29 is 9.47 Å². The van der Waals surface area contributed by atoms with Crippen LogP contribution < -0.4 is 14.8 Å². The lowest BCUT2D eigenvalue weighted by Crippen LogP contribution is -2.22. The second-order valence-electron chi connectivity index (χ2n) is 5.97. The molecule has 1 aliphatic carbocycles. The third-order valence-electron chi connectivity index (χ3n) is 4.34. The van der Waals surface area contributed by atoms with Gasteiger partial charge in [0.15, 0.2) is 11.5 Å². The Kier molecular flexibility index (Phi) is 4.80. The van der Waals surface area contributed by atoms with Gasteiger partial charge in [0.1, 0.15) is 13.2 Å². The quantitative estimate of drug-likeness (QED) is 0.853. The highest BCUT2D eigenvalue weighted by molar-refractivity contribution is 5.43. The Morgan fingerprint density at radius 1 is 0.950 bits per heavy atom. The van der Waals surface area contributed by atoms with Crippen LogP contribution in [0.25, 0.3) is 0 Å². The molecule has 1 aromatic carbocycles. The van der Waals surface area contributed by atoms with Crippen molar-refractivity contribution in [3.05, 3.63) is 23.8 Å². The molecule has 0 unspecified atom stereocenters. The molecule has 3 nitrogen and oxygen atoms in total. The minimum Gasteiger partial charge on any atom is -0.486 e. The van der Waals surface area contributed by atoms with Crippen LogP contribution in [0.4, 0.5) is 0 Å². The van der Waals surface area contributed by atoms with E-state index in [4.69, 9.17) is 9.47 Å². The van der Waals surface area contributed by atoms with Gasteiger partial charge in [-0.15, -0.1) is 0 Å². The van der Waals surface area contributed by atoms with Crippen LogP contribution in [0.1, 0.15) is 44.1 Å². The average Bonchev–Trinajstić information content (AvgIpc) is 2.76. The van der Waals surface area contributed by atoms with E-state index in [1.54, 1.807) is 0 Å². The van der Waals surface area contributed by atoms with Gasteiger partial charge < -0.3 is 14.8 Å². The number of ether oxygens (including phenoxy) is 2. The Hall–Kier alpha value is -1.22. The summed E-state index contributed by atoms with van der Waals surface area (Å²) in [5.74, 6) is 2.64. The molecule has 3 rings (SSSR count). The van der Waals surface area contributed by atoms with Crippen LogP contribution in [0.5, 0.6) is 11.5 Å². The van der Waals surface area contributed by atoms with Crippen LogP contribution in [0.3, 0.4) is 0 Å². The molecule has 1 heterocycles. The van der Waals surface area contributed by atoms with Crippen molar-refractivity contribution in [2.24, 2.45) is 5.92 Å². The molecule has 0 amide bonds. The fraction of sp³-hybridized carbons (Fsp3) is 0.647. The van der Waals surface area contributed by atoms with Gasteiger partial charge in [0, 0.05) is 6.54 Å². The first kappa shape index (κ1) is 13.7. The van der Waals surface area contributed by atoms with Gasteiger partial charge in [0.25, 0.3) is 0 Å². The van der Waals surface area contributed by atoms with Crippen LogP contribution >= 0.6 is 0 Å². The molecule has 2 aliphatic rings. The molecule has 0 radical (unpaired) electrons. The lowest BCUT2D eigenvalue weighted by Gasteiger charge is -2.19. The van der Waals surface area contributed by atoms with E-state index < -0.39 is 0 Å². The predicted octanol–water partition coefficient (Wildman–Crippen LogP) is 3.52. The van der Waals surface area contributed by atoms with Crippen LogP contribution in [0.15, 0.2) is 18.2 Å². The van der Waals surface area contributed by atoms with E-state index >= 15 is 0 Å². The molecule has 0 bridgehead atoms. The fourth-order valence-electron chi connectivity index (χ4n) is 3.19. The molecule has 3 heteroatoms. The van der Waals surface area contributed by atoms with Crippen molar-refractivity contribution in [3.63, 3.8) is 0 Å². The van der Waals surface area contributed by atoms with Gasteiger partial charge in [-0.1, -0.05) is 31.7 Å². The molecule has 0 saturated heterocycles. The van der Waals surface area contributed by atoms with Gasteiger partial charge in [-0.25, -0.2) is 0 Å². The molecule has 1 fully saturated rings. The van der Waals surface area contributed by atoms with E-state index in [0.717, 1.165) is 30.5 Å². The van der Waals surface area contributed by atoms with E-state index in [9.17, 15) is 0 Å². The van der Waals surface area contributed by atoms with Crippen molar-refractivity contribution in [2.45, 2.75) is 45.1 Å². The highest BCUT2D eigenvalue weighted by Crippen LogP contribution is 2.30. The Labute approximate surface area is 121 Å². The van der Waals surface area contributed by atoms with Crippen molar-refractivity contribution >= 4 is 0 Å². The number of nitrogens with one attached hydrogen (secondary N) is 1. The Bertz CT molecular complexity index is 425. The molecule has 1 saturated carbocycles. The van der Waals surface area contributed by atoms with E-state index in [1.165, 1.54) is 44.1 Å². The summed E-state index contributed by atoms with van der Waals surface area (Å²) in [6.45, 7) is 3.39. The molecule has 1 aromatic rings. The molecule has 0 aromatic heterocycles. The predicted molar refractivity (Wildman–Crippen MR) is 80.3 cm³/mol. The molecule has 110 valence electrons. The van der Waals surface area contributed by atoms with Gasteiger partial charge in [-0.2, -0.15) is 0 Å². The zero-order chi connectivity index (χ0) is 13.6. The fourth-order valence-corrected chi connectivity index (χ4v) is 3.19. The maximum Gasteiger partial charge on any atom is 0.161 e. The van der Waals surface area contributed by atoms with Crippen LogP contribution in [-0.2, 0) is 6.54 Å². The van der Waals surface area contributed by atoms with E-state index in [2.05, 4.69) is 17.4 Å². The first-order chi connectivity index (χ1) is 9.92. The van der Waals surface area contributed by atoms with Crippen LogP contribution in [0, 0.1) is 5.92 Å². The Balaban J connectivity index is 1.48. The lowest BCUT2D eigenvalue weighted by atomic mass is 10.0. The summed E-state index contributed by atoms with van der Waals surface area (Å²) in [6, 6.07) is 6.26. The summed E-state index contributed by atoms with van der Waals surface area (Å²) >= 11 is 0. The summed E-state index contributed by atoms with van der Waals surface area (Å²) in [4.78, 5) is 0. The Morgan fingerprint density at radius 3 is 2.50 bits per heavy atom. The summed E-state index contributed by atoms with van der Waals surface area (Å²) in [7, 11) is 0. The summed E-state index contributed by atoms with van der Waals surface area (Å²) in [5, 5.41) is 3.61. The van der Waals surface area contributed by atoms with Crippen molar-refractivity contribution in [2.75, 3.05) is 19.8 Å². The second kappa shape index (κ2) is 6.98. The highest BCUT2D eigenvalue weighted by Gasteiger charge is 2.13. The largest absolute Gasteiger partial charge is 0.486 e. The number of benzene rings is 1. The first-order valence-corrected chi connectivity index (χ1v) is 8.01. The summed E-state index contributed by atoms with van der Waals surface area (Å²) < 4.78 is 11.2. The minimum atomic E-state index is 0.659. The summed E-state index contributed by atoms with van der Waals surface area (Å²) in [5.41, 5.74) is 1.28. The normalized spacial score (nSPS) is 19.6. The van der Waals surface area contributed by atoms with Crippen LogP contribution in [-0.4, -0.2) is 19.8 Å². The lowest BCUT2D eigenvalue weighted by molar-refractivity contribution is 0.171. The second-order valence-corrected chi connectivity index (χ2v) is 5.97. The first-order valence-electron chi connectivity index (χ1n) is 8.01. The zero-order valence-corrected chi connectivity index (χ0v) is 12.2. The van der Waals surface area contributed by atoms with Gasteiger partial charge in [0.2, 0.25) is 0 Å². The monoisotopic (exact) mass is 275 g/mol. The Morgan fingerprint density at radius 2 is 1.70 bits per heavy atom. The number of rotatable bonds is 4. The SMILES string of the molecule is c1cc2c(cc1CNCC1CCCCCC1)OCCO2. The third-order valence-corrected chi connectivity index (χ3v) is 4.34. The molecular formula is C17H25NO2. The molecule has 1 aliphatic heterocycles. The molecule has 0 atom stereocenters. The molecule has 1 N–H and O–H groups in total. The minimum absolute atomic E-state index is 0.659. The average molecular weight is 275 g/mol. The standard InChI is InChI=1S/C17H25NO2/c1-2-4-6-14(5-3-1)12-18-13-15-7-8-16-17(11-15)20-10-9-19-16/h7-8,11,14,18H,1-6,9-10,12-13H2. The third kappa shape index (κ3) is 3.66. The molecule has 0 spiro atoms. The topological polar surface area (TPSA) is 30.5 Å².